The van der Waals surface area contributed by atoms with Crippen LogP contribution >= 0.6 is 0 Å². The molecule has 1 saturated carbocycles. The maximum Gasteiger partial charge on any atom is 0.0700 e. The van der Waals surface area contributed by atoms with E-state index in [1.54, 1.807) is 0 Å². The molecular weight excluding hydrogens is 248 g/mol. The fraction of sp³-hybridized carbons (Fsp3) is 0.882. The Balaban J connectivity index is 1.79. The first-order valence-corrected chi connectivity index (χ1v) is 8.15. The minimum absolute atomic E-state index is 0.147. The highest BCUT2D eigenvalue weighted by molar-refractivity contribution is 5.04. The second kappa shape index (κ2) is 6.17. The number of piperidine rings is 1. The molecule has 2 rings (SSSR count). The van der Waals surface area contributed by atoms with Crippen molar-refractivity contribution in [2.75, 3.05) is 26.2 Å². The molecule has 2 N–H and O–H groups in total. The molecule has 0 amide bonds. The van der Waals surface area contributed by atoms with Crippen molar-refractivity contribution in [3.63, 3.8) is 0 Å². The molecule has 0 aromatic rings. The molecule has 20 heavy (non-hydrogen) atoms. The first kappa shape index (κ1) is 16.0. The number of hydrogen-bond donors (Lipinski definition) is 2. The minimum Gasteiger partial charge on any atom is -0.390 e. The van der Waals surface area contributed by atoms with Gasteiger partial charge in [-0.2, -0.15) is 0 Å². The van der Waals surface area contributed by atoms with Gasteiger partial charge in [-0.25, -0.2) is 0 Å². The molecule has 1 aliphatic heterocycles. The summed E-state index contributed by atoms with van der Waals surface area (Å²) in [5.41, 5.74) is 1.04. The van der Waals surface area contributed by atoms with Gasteiger partial charge in [0.05, 0.1) is 5.60 Å². The zero-order valence-corrected chi connectivity index (χ0v) is 13.5. The van der Waals surface area contributed by atoms with Crippen molar-refractivity contribution in [3.05, 3.63) is 12.2 Å². The van der Waals surface area contributed by atoms with Crippen LogP contribution in [0.15, 0.2) is 12.2 Å². The van der Waals surface area contributed by atoms with Gasteiger partial charge in [0, 0.05) is 37.6 Å². The number of rotatable bonds is 4. The van der Waals surface area contributed by atoms with Crippen LogP contribution in [0.2, 0.25) is 0 Å². The largest absolute Gasteiger partial charge is 0.390 e. The Bertz CT molecular complexity index is 347. The third-order valence-corrected chi connectivity index (χ3v) is 4.83. The quantitative estimate of drug-likeness (QED) is 0.777. The second-order valence-corrected chi connectivity index (χ2v) is 7.88. The van der Waals surface area contributed by atoms with E-state index in [2.05, 4.69) is 37.6 Å². The van der Waals surface area contributed by atoms with Gasteiger partial charge in [0.1, 0.15) is 0 Å². The van der Waals surface area contributed by atoms with E-state index in [-0.39, 0.29) is 11.1 Å². The number of nitrogens with one attached hydrogen (secondary N) is 1. The molecule has 0 aromatic carbocycles. The third kappa shape index (κ3) is 4.31. The van der Waals surface area contributed by atoms with Crippen LogP contribution in [0, 0.1) is 5.92 Å². The molecule has 3 nitrogen and oxygen atoms in total. The lowest BCUT2D eigenvalue weighted by atomic mass is 9.71. The fourth-order valence-electron chi connectivity index (χ4n) is 3.55. The average Bonchev–Trinajstić information content (AvgIpc) is 2.36. The van der Waals surface area contributed by atoms with Crippen molar-refractivity contribution in [3.8, 4) is 0 Å². The van der Waals surface area contributed by atoms with Crippen molar-refractivity contribution in [2.24, 2.45) is 5.92 Å². The lowest BCUT2D eigenvalue weighted by molar-refractivity contribution is -0.0938. The van der Waals surface area contributed by atoms with E-state index in [0.29, 0.717) is 5.92 Å². The molecule has 3 heteroatoms. The predicted octanol–water partition coefficient (Wildman–Crippen LogP) is 2.56. The summed E-state index contributed by atoms with van der Waals surface area (Å²) >= 11 is 0. The first-order chi connectivity index (χ1) is 9.28. The van der Waals surface area contributed by atoms with Gasteiger partial charge in [0.25, 0.3) is 0 Å². The van der Waals surface area contributed by atoms with E-state index < -0.39 is 0 Å². The third-order valence-electron chi connectivity index (χ3n) is 4.83. The summed E-state index contributed by atoms with van der Waals surface area (Å²) < 4.78 is 0. The van der Waals surface area contributed by atoms with E-state index >= 15 is 0 Å². The van der Waals surface area contributed by atoms with Gasteiger partial charge in [0.2, 0.25) is 0 Å². The van der Waals surface area contributed by atoms with Crippen LogP contribution in [0.1, 0.15) is 52.9 Å². The van der Waals surface area contributed by atoms with Gasteiger partial charge in [0.15, 0.2) is 0 Å². The van der Waals surface area contributed by atoms with Crippen LogP contribution in [0.3, 0.4) is 0 Å². The van der Waals surface area contributed by atoms with Crippen LogP contribution in [0.4, 0.5) is 0 Å². The molecule has 1 heterocycles. The highest BCUT2D eigenvalue weighted by Gasteiger charge is 2.42. The van der Waals surface area contributed by atoms with Crippen molar-refractivity contribution < 1.29 is 5.11 Å². The molecule has 1 saturated heterocycles. The van der Waals surface area contributed by atoms with E-state index in [1.807, 2.05) is 0 Å². The Hall–Kier alpha value is -0.380. The van der Waals surface area contributed by atoms with Gasteiger partial charge in [-0.3, -0.25) is 4.90 Å². The summed E-state index contributed by atoms with van der Waals surface area (Å²) in [7, 11) is 0. The average molecular weight is 280 g/mol. The summed E-state index contributed by atoms with van der Waals surface area (Å²) in [6.07, 6.45) is 5.64. The summed E-state index contributed by atoms with van der Waals surface area (Å²) in [6, 6.07) is 0. The molecule has 0 aromatic heterocycles. The molecule has 116 valence electrons. The lowest BCUT2D eigenvalue weighted by Gasteiger charge is -2.47. The molecule has 0 radical (unpaired) electrons. The first-order valence-electron chi connectivity index (χ1n) is 8.15. The highest BCUT2D eigenvalue weighted by Crippen LogP contribution is 2.39. The highest BCUT2D eigenvalue weighted by atomic mass is 16.3. The van der Waals surface area contributed by atoms with E-state index in [0.717, 1.165) is 39.0 Å². The van der Waals surface area contributed by atoms with Crippen molar-refractivity contribution in [2.45, 2.75) is 64.0 Å². The van der Waals surface area contributed by atoms with E-state index in [9.17, 15) is 5.11 Å². The maximum absolute atomic E-state index is 10.7. The summed E-state index contributed by atoms with van der Waals surface area (Å²) in [4.78, 5) is 2.48. The fourth-order valence-corrected chi connectivity index (χ4v) is 3.55. The Labute approximate surface area is 124 Å². The van der Waals surface area contributed by atoms with Crippen molar-refractivity contribution in [1.82, 2.24) is 10.2 Å². The SMILES string of the molecule is C=C(CNC(C)(C)C)CN1CCC2(O)CCCCC2C1. The number of hydrogen-bond acceptors (Lipinski definition) is 3. The summed E-state index contributed by atoms with van der Waals surface area (Å²) in [5.74, 6) is 0.480. The zero-order chi connectivity index (χ0) is 14.8. The molecular formula is C17H32N2O. The van der Waals surface area contributed by atoms with Gasteiger partial charge >= 0.3 is 0 Å². The number of nitrogens with zero attached hydrogens (tertiary/aromatic N) is 1. The molecule has 2 aliphatic rings. The van der Waals surface area contributed by atoms with Gasteiger partial charge < -0.3 is 10.4 Å². The summed E-state index contributed by atoms with van der Waals surface area (Å²) in [6.45, 7) is 14.7. The molecule has 0 bridgehead atoms. The summed E-state index contributed by atoms with van der Waals surface area (Å²) in [5, 5.41) is 14.2. The van der Waals surface area contributed by atoms with E-state index in [4.69, 9.17) is 0 Å². The topological polar surface area (TPSA) is 35.5 Å². The van der Waals surface area contributed by atoms with Crippen LogP contribution in [-0.4, -0.2) is 47.3 Å². The smallest absolute Gasteiger partial charge is 0.0700 e. The van der Waals surface area contributed by atoms with Crippen molar-refractivity contribution >= 4 is 0 Å². The van der Waals surface area contributed by atoms with Gasteiger partial charge in [-0.05, 0) is 45.6 Å². The number of likely N-dealkylation sites (tertiary alicyclic amines) is 1. The maximum atomic E-state index is 10.7. The standard InChI is InChI=1S/C17H32N2O/c1-14(11-18-16(2,3)4)12-19-10-9-17(20)8-6-5-7-15(17)13-19/h15,18,20H,1,5-13H2,2-4H3. The van der Waals surface area contributed by atoms with Crippen LogP contribution < -0.4 is 5.32 Å². The Kier molecular flexibility index (Phi) is 4.93. The van der Waals surface area contributed by atoms with Crippen molar-refractivity contribution in [1.29, 1.82) is 0 Å². The number of fused-ring (bicyclic) bond motifs is 1. The molecule has 2 fully saturated rings. The second-order valence-electron chi connectivity index (χ2n) is 7.88. The predicted molar refractivity (Wildman–Crippen MR) is 84.9 cm³/mol. The monoisotopic (exact) mass is 280 g/mol. The Morgan fingerprint density at radius 3 is 2.80 bits per heavy atom. The lowest BCUT2D eigenvalue weighted by Crippen LogP contribution is -2.53. The normalized spacial score (nSPS) is 31.9. The molecule has 2 unspecified atom stereocenters. The van der Waals surface area contributed by atoms with E-state index in [1.165, 1.54) is 24.8 Å². The van der Waals surface area contributed by atoms with Crippen LogP contribution in [0.5, 0.6) is 0 Å². The molecule has 1 aliphatic carbocycles. The Morgan fingerprint density at radius 2 is 2.10 bits per heavy atom. The van der Waals surface area contributed by atoms with Gasteiger partial charge in [-0.15, -0.1) is 0 Å². The molecule has 2 atom stereocenters. The van der Waals surface area contributed by atoms with Gasteiger partial charge in [-0.1, -0.05) is 19.4 Å². The Morgan fingerprint density at radius 1 is 1.35 bits per heavy atom. The zero-order valence-electron chi connectivity index (χ0n) is 13.5. The minimum atomic E-state index is -0.361. The van der Waals surface area contributed by atoms with Crippen LogP contribution in [-0.2, 0) is 0 Å². The molecule has 0 spiro atoms. The van der Waals surface area contributed by atoms with Crippen LogP contribution in [0.25, 0.3) is 0 Å². The number of aliphatic hydroxyl groups is 1.